The van der Waals surface area contributed by atoms with Crippen molar-refractivity contribution < 1.29 is 9.53 Å². The summed E-state index contributed by atoms with van der Waals surface area (Å²) in [4.78, 5) is 15.2. The number of hydrogen-bond donors (Lipinski definition) is 1. The Morgan fingerprint density at radius 2 is 1.86 bits per heavy atom. The van der Waals surface area contributed by atoms with Crippen molar-refractivity contribution in [1.82, 2.24) is 20.0 Å². The minimum absolute atomic E-state index is 0.159. The van der Waals surface area contributed by atoms with Gasteiger partial charge in [0.15, 0.2) is 0 Å². The van der Waals surface area contributed by atoms with E-state index < -0.39 is 0 Å². The second-order valence-corrected chi connectivity index (χ2v) is 7.32. The molecule has 0 bridgehead atoms. The predicted octanol–water partition coefficient (Wildman–Crippen LogP) is 3.25. The number of morpholine rings is 1. The van der Waals surface area contributed by atoms with E-state index in [-0.39, 0.29) is 5.91 Å². The second-order valence-electron chi connectivity index (χ2n) is 6.88. The molecule has 1 aromatic heterocycles. The molecule has 1 saturated heterocycles. The third-order valence-corrected chi connectivity index (χ3v) is 5.12. The fourth-order valence-corrected chi connectivity index (χ4v) is 3.52. The van der Waals surface area contributed by atoms with Crippen LogP contribution in [0.15, 0.2) is 60.7 Å². The van der Waals surface area contributed by atoms with E-state index >= 15 is 0 Å². The molecule has 0 radical (unpaired) electrons. The van der Waals surface area contributed by atoms with Crippen molar-refractivity contribution in [3.63, 3.8) is 0 Å². The van der Waals surface area contributed by atoms with Gasteiger partial charge in [-0.3, -0.25) is 9.69 Å². The lowest BCUT2D eigenvalue weighted by Crippen LogP contribution is -2.41. The van der Waals surface area contributed by atoms with Crippen molar-refractivity contribution in [1.29, 1.82) is 0 Å². The molecular weight excluding hydrogens is 388 g/mol. The van der Waals surface area contributed by atoms with Gasteiger partial charge in [0.2, 0.25) is 0 Å². The van der Waals surface area contributed by atoms with Crippen LogP contribution in [0.4, 0.5) is 0 Å². The van der Waals surface area contributed by atoms with Gasteiger partial charge in [0.05, 0.1) is 24.6 Å². The van der Waals surface area contributed by atoms with E-state index in [1.807, 2.05) is 48.5 Å². The van der Waals surface area contributed by atoms with Gasteiger partial charge >= 0.3 is 0 Å². The Morgan fingerprint density at radius 1 is 1.07 bits per heavy atom. The number of aromatic nitrogens is 2. The van der Waals surface area contributed by atoms with Gasteiger partial charge in [-0.1, -0.05) is 48.0 Å². The first-order valence-corrected chi connectivity index (χ1v) is 10.1. The van der Waals surface area contributed by atoms with E-state index in [0.717, 1.165) is 49.8 Å². The molecule has 4 rings (SSSR count). The number of hydrogen-bond acceptors (Lipinski definition) is 4. The van der Waals surface area contributed by atoms with Crippen molar-refractivity contribution in [2.24, 2.45) is 0 Å². The molecule has 2 aromatic carbocycles. The lowest BCUT2D eigenvalue weighted by atomic mass is 10.1. The topological polar surface area (TPSA) is 59.4 Å². The Hall–Kier alpha value is -2.67. The SMILES string of the molecule is O=C(NCCN1CCOCC1)c1cc(-c2ccccc2)nn1-c1cccc(Cl)c1. The molecule has 0 atom stereocenters. The Morgan fingerprint density at radius 3 is 2.62 bits per heavy atom. The van der Waals surface area contributed by atoms with E-state index in [1.165, 1.54) is 0 Å². The number of nitrogens with zero attached hydrogens (tertiary/aromatic N) is 3. The third-order valence-electron chi connectivity index (χ3n) is 4.88. The maximum absolute atomic E-state index is 13.0. The minimum atomic E-state index is -0.159. The molecule has 150 valence electrons. The van der Waals surface area contributed by atoms with Crippen LogP contribution in [0.2, 0.25) is 5.02 Å². The molecule has 0 unspecified atom stereocenters. The average Bonchev–Trinajstić information content (AvgIpc) is 3.21. The van der Waals surface area contributed by atoms with Crippen molar-refractivity contribution in [3.8, 4) is 16.9 Å². The van der Waals surface area contributed by atoms with Crippen molar-refractivity contribution in [2.75, 3.05) is 39.4 Å². The number of ether oxygens (including phenoxy) is 1. The number of benzene rings is 2. The molecule has 2 heterocycles. The molecule has 0 saturated carbocycles. The molecule has 0 spiro atoms. The zero-order valence-electron chi connectivity index (χ0n) is 16.1. The van der Waals surface area contributed by atoms with Crippen LogP contribution in [0.1, 0.15) is 10.5 Å². The Balaban J connectivity index is 1.56. The molecule has 1 aliphatic heterocycles. The van der Waals surface area contributed by atoms with E-state index in [1.54, 1.807) is 16.8 Å². The number of carbonyl (C=O) groups is 1. The highest BCUT2D eigenvalue weighted by Gasteiger charge is 2.18. The van der Waals surface area contributed by atoms with E-state index in [4.69, 9.17) is 16.3 Å². The molecule has 3 aromatic rings. The molecule has 0 aliphatic carbocycles. The number of rotatable bonds is 6. The zero-order chi connectivity index (χ0) is 20.1. The van der Waals surface area contributed by atoms with E-state index in [0.29, 0.717) is 17.3 Å². The highest BCUT2D eigenvalue weighted by atomic mass is 35.5. The quantitative estimate of drug-likeness (QED) is 0.677. The van der Waals surface area contributed by atoms with Crippen molar-refractivity contribution in [2.45, 2.75) is 0 Å². The average molecular weight is 411 g/mol. The maximum atomic E-state index is 13.0. The van der Waals surface area contributed by atoms with Crippen LogP contribution in [0.3, 0.4) is 0 Å². The fourth-order valence-electron chi connectivity index (χ4n) is 3.34. The monoisotopic (exact) mass is 410 g/mol. The van der Waals surface area contributed by atoms with Gasteiger partial charge in [0.1, 0.15) is 5.69 Å². The standard InChI is InChI=1S/C22H23ClN4O2/c23-18-7-4-8-19(15-18)27-21(16-20(25-27)17-5-2-1-3-6-17)22(28)24-9-10-26-11-13-29-14-12-26/h1-8,15-16H,9-14H2,(H,24,28). The van der Waals surface area contributed by atoms with Crippen LogP contribution in [0.25, 0.3) is 16.9 Å². The lowest BCUT2D eigenvalue weighted by Gasteiger charge is -2.26. The summed E-state index contributed by atoms with van der Waals surface area (Å²) in [5.74, 6) is -0.159. The first-order valence-electron chi connectivity index (χ1n) is 9.70. The Labute approximate surface area is 175 Å². The minimum Gasteiger partial charge on any atom is -0.379 e. The lowest BCUT2D eigenvalue weighted by molar-refractivity contribution is 0.0383. The van der Waals surface area contributed by atoms with Crippen LogP contribution in [-0.2, 0) is 4.74 Å². The van der Waals surface area contributed by atoms with Crippen LogP contribution in [0.5, 0.6) is 0 Å². The molecule has 1 amide bonds. The van der Waals surface area contributed by atoms with Crippen LogP contribution in [-0.4, -0.2) is 60.0 Å². The summed E-state index contributed by atoms with van der Waals surface area (Å²) in [6, 6.07) is 19.0. The second kappa shape index (κ2) is 9.22. The zero-order valence-corrected chi connectivity index (χ0v) is 16.8. The van der Waals surface area contributed by atoms with Crippen LogP contribution >= 0.6 is 11.6 Å². The molecule has 29 heavy (non-hydrogen) atoms. The summed E-state index contributed by atoms with van der Waals surface area (Å²) in [6.07, 6.45) is 0. The van der Waals surface area contributed by atoms with Crippen molar-refractivity contribution in [3.05, 3.63) is 71.4 Å². The number of halogens is 1. The third kappa shape index (κ3) is 4.85. The van der Waals surface area contributed by atoms with Gasteiger partial charge in [0.25, 0.3) is 5.91 Å². The largest absolute Gasteiger partial charge is 0.379 e. The number of carbonyl (C=O) groups excluding carboxylic acids is 1. The summed E-state index contributed by atoms with van der Waals surface area (Å²) < 4.78 is 7.02. The van der Waals surface area contributed by atoms with Crippen molar-refractivity contribution >= 4 is 17.5 Å². The van der Waals surface area contributed by atoms with Crippen LogP contribution in [0, 0.1) is 0 Å². The van der Waals surface area contributed by atoms with Gasteiger partial charge in [-0.25, -0.2) is 4.68 Å². The van der Waals surface area contributed by atoms with Gasteiger partial charge in [-0.05, 0) is 24.3 Å². The highest BCUT2D eigenvalue weighted by molar-refractivity contribution is 6.30. The highest BCUT2D eigenvalue weighted by Crippen LogP contribution is 2.23. The maximum Gasteiger partial charge on any atom is 0.270 e. The van der Waals surface area contributed by atoms with Gasteiger partial charge in [0, 0.05) is 36.8 Å². The molecule has 1 N–H and O–H groups in total. The summed E-state index contributed by atoms with van der Waals surface area (Å²) in [7, 11) is 0. The normalized spacial score (nSPS) is 14.7. The van der Waals surface area contributed by atoms with E-state index in [9.17, 15) is 4.79 Å². The number of nitrogens with one attached hydrogen (secondary N) is 1. The molecule has 1 fully saturated rings. The Kier molecular flexibility index (Phi) is 6.24. The molecule has 1 aliphatic rings. The number of amides is 1. The first-order chi connectivity index (χ1) is 14.2. The predicted molar refractivity (Wildman–Crippen MR) is 114 cm³/mol. The summed E-state index contributed by atoms with van der Waals surface area (Å²) in [5, 5.41) is 8.30. The fraction of sp³-hybridized carbons (Fsp3) is 0.273. The Bertz CT molecular complexity index is 968. The smallest absolute Gasteiger partial charge is 0.270 e. The van der Waals surface area contributed by atoms with Gasteiger partial charge in [-0.2, -0.15) is 5.10 Å². The van der Waals surface area contributed by atoms with Crippen LogP contribution < -0.4 is 5.32 Å². The molecule has 6 nitrogen and oxygen atoms in total. The summed E-state index contributed by atoms with van der Waals surface area (Å²) in [5.41, 5.74) is 2.92. The van der Waals surface area contributed by atoms with E-state index in [2.05, 4.69) is 15.3 Å². The van der Waals surface area contributed by atoms with Gasteiger partial charge < -0.3 is 10.1 Å². The summed E-state index contributed by atoms with van der Waals surface area (Å²) in [6.45, 7) is 4.65. The summed E-state index contributed by atoms with van der Waals surface area (Å²) >= 11 is 6.16. The molecular formula is C22H23ClN4O2. The molecule has 7 heteroatoms. The first kappa shape index (κ1) is 19.6. The van der Waals surface area contributed by atoms with Gasteiger partial charge in [-0.15, -0.1) is 0 Å².